The Kier molecular flexibility index (Phi) is 50.7. The van der Waals surface area contributed by atoms with Crippen LogP contribution < -0.4 is 9.47 Å². The SMILES string of the molecule is C.CC(=O)c1ccc(O)cc1.CC(=O)c1ccc(OC2CCN(C(=O)OC(C)(C)C)CC2)cc1.CC(C)(C)OC(=O)N1CCC(O)CC1.CC(C)(C)OC(=O)N1CCC(Oc2ccc(C(=O)O)cc2)CC1.CI.IC(I)I.[CH2-]I.[CH3-].[V].[V]. The fourth-order valence-electron chi connectivity index (χ4n) is 6.87. The van der Waals surface area contributed by atoms with Crippen molar-refractivity contribution in [2.24, 2.45) is 0 Å². The number of amides is 3. The number of nitrogens with zero attached hydrogens (tertiary/aromatic N) is 3. The molecule has 0 atom stereocenters. The Balaban J connectivity index is -0.000000314. The van der Waals surface area contributed by atoms with Crippen molar-refractivity contribution in [3.63, 3.8) is 0 Å². The minimum Gasteiger partial charge on any atom is -0.508 e. The molecule has 82 heavy (non-hydrogen) atoms. The number of carbonyl (C=O) groups excluding carboxylic acids is 5. The van der Waals surface area contributed by atoms with Crippen molar-refractivity contribution in [1.29, 1.82) is 0 Å². The van der Waals surface area contributed by atoms with Gasteiger partial charge in [0.15, 0.2) is 11.6 Å². The summed E-state index contributed by atoms with van der Waals surface area (Å²) in [6.45, 7) is 23.4. The van der Waals surface area contributed by atoms with E-state index in [0.717, 1.165) is 31.4 Å². The van der Waals surface area contributed by atoms with E-state index in [1.165, 1.54) is 31.2 Å². The molecular weight excluding hydrogens is 1700 g/mol. The summed E-state index contributed by atoms with van der Waals surface area (Å²) in [6, 6.07) is 19.7. The van der Waals surface area contributed by atoms with Crippen LogP contribution in [0.5, 0.6) is 17.2 Å². The molecule has 3 aliphatic heterocycles. The number of aliphatic hydroxyl groups is 1. The summed E-state index contributed by atoms with van der Waals surface area (Å²) < 4.78 is 28.5. The van der Waals surface area contributed by atoms with Gasteiger partial charge in [-0.05, 0) is 167 Å². The van der Waals surface area contributed by atoms with E-state index in [9.17, 15) is 33.9 Å². The van der Waals surface area contributed by atoms with Crippen LogP contribution in [0.1, 0.15) is 153 Å². The van der Waals surface area contributed by atoms with E-state index < -0.39 is 22.8 Å². The average molecular weight is 1790 g/mol. The molecule has 0 spiro atoms. The zero-order valence-corrected chi connectivity index (χ0v) is 62.5. The van der Waals surface area contributed by atoms with E-state index in [0.29, 0.717) is 69.0 Å². The second-order valence-electron chi connectivity index (χ2n) is 20.5. The molecule has 466 valence electrons. The zero-order valence-electron chi connectivity index (χ0n) is 48.9. The van der Waals surface area contributed by atoms with Gasteiger partial charge in [-0.15, -0.1) is 0 Å². The number of hydrogen-bond donors (Lipinski definition) is 3. The summed E-state index contributed by atoms with van der Waals surface area (Å²) >= 11 is 11.0. The number of aromatic carboxylic acids is 1. The Morgan fingerprint density at radius 2 is 0.744 bits per heavy atom. The summed E-state index contributed by atoms with van der Waals surface area (Å²) in [5.74, 6) is 0.686. The number of aromatic hydroxyl groups is 1. The quantitative estimate of drug-likeness (QED) is 0.0659. The van der Waals surface area contributed by atoms with Crippen molar-refractivity contribution >= 4 is 149 Å². The van der Waals surface area contributed by atoms with Crippen LogP contribution in [0.25, 0.3) is 0 Å². The third kappa shape index (κ3) is 42.3. The third-order valence-corrected chi connectivity index (χ3v) is 10.5. The predicted molar refractivity (Wildman–Crippen MR) is 362 cm³/mol. The first kappa shape index (κ1) is 89.2. The number of ketones is 2. The van der Waals surface area contributed by atoms with Crippen LogP contribution in [0.2, 0.25) is 0 Å². The van der Waals surface area contributed by atoms with Crippen LogP contribution in [-0.4, -0.2) is 145 Å². The Hall–Kier alpha value is -1.54. The summed E-state index contributed by atoms with van der Waals surface area (Å²) in [6.07, 6.45) is 3.31. The normalized spacial score (nSPS) is 14.1. The first-order valence-electron chi connectivity index (χ1n) is 25.1. The molecule has 3 heterocycles. The molecule has 6 rings (SSSR count). The van der Waals surface area contributed by atoms with Crippen molar-refractivity contribution in [2.45, 2.75) is 157 Å². The molecule has 3 fully saturated rings. The Bertz CT molecular complexity index is 2120. The molecule has 3 N–H and O–H groups in total. The van der Waals surface area contributed by atoms with Crippen LogP contribution in [0, 0.1) is 12.4 Å². The van der Waals surface area contributed by atoms with Crippen molar-refractivity contribution in [3.05, 3.63) is 102 Å². The number of carboxylic acids is 1. The fourth-order valence-corrected chi connectivity index (χ4v) is 6.87. The second kappa shape index (κ2) is 46.6. The molecule has 17 nitrogen and oxygen atoms in total. The molecular formula is C58H88I5N3O14V2-2. The van der Waals surface area contributed by atoms with Crippen LogP contribution in [0.3, 0.4) is 0 Å². The van der Waals surface area contributed by atoms with Gasteiger partial charge in [-0.1, -0.05) is 97.8 Å². The van der Waals surface area contributed by atoms with E-state index in [1.807, 2.05) is 102 Å². The number of phenolic OH excluding ortho intramolecular Hbond substituents is 1. The number of benzene rings is 3. The molecule has 3 aromatic rings. The molecule has 3 saturated heterocycles. The second-order valence-corrected chi connectivity index (χ2v) is 31.4. The predicted octanol–water partition coefficient (Wildman–Crippen LogP) is 15.7. The Morgan fingerprint density at radius 3 is 0.976 bits per heavy atom. The summed E-state index contributed by atoms with van der Waals surface area (Å²) in [7, 11) is 0. The molecule has 24 heteroatoms. The molecule has 3 aromatic carbocycles. The third-order valence-electron chi connectivity index (χ3n) is 10.5. The van der Waals surface area contributed by atoms with E-state index in [4.69, 9.17) is 33.9 Å². The maximum atomic E-state index is 12.0. The van der Waals surface area contributed by atoms with Crippen molar-refractivity contribution < 1.29 is 105 Å². The minimum absolute atomic E-state index is 0. The van der Waals surface area contributed by atoms with Gasteiger partial charge in [-0.3, -0.25) is 14.5 Å². The first-order chi connectivity index (χ1) is 36.3. The number of halogens is 5. The number of likely N-dealkylation sites (tertiary alicyclic amines) is 3. The number of carbonyl (C=O) groups is 6. The van der Waals surface area contributed by atoms with Crippen molar-refractivity contribution in [2.75, 3.05) is 44.2 Å². The van der Waals surface area contributed by atoms with Gasteiger partial charge in [0.05, 0.1) is 11.7 Å². The number of alkyl halides is 4. The Morgan fingerprint density at radius 1 is 0.512 bits per heavy atom. The van der Waals surface area contributed by atoms with E-state index in [1.54, 1.807) is 58.0 Å². The summed E-state index contributed by atoms with van der Waals surface area (Å²) in [4.78, 5) is 78.5. The topological polar surface area (TPSA) is 219 Å². The van der Waals surface area contributed by atoms with Gasteiger partial charge < -0.3 is 83.7 Å². The van der Waals surface area contributed by atoms with Gasteiger partial charge in [-0.25, -0.2) is 19.2 Å². The van der Waals surface area contributed by atoms with Gasteiger partial charge in [-0.2, -0.15) is 0 Å². The summed E-state index contributed by atoms with van der Waals surface area (Å²) in [5.41, 5.74) is 0.138. The Labute approximate surface area is 582 Å². The number of aliphatic hydroxyl groups excluding tert-OH is 1. The largest absolute Gasteiger partial charge is 0.508 e. The van der Waals surface area contributed by atoms with E-state index >= 15 is 0 Å². The maximum Gasteiger partial charge on any atom is 0.410 e. The zero-order chi connectivity index (χ0) is 60.0. The molecule has 3 aliphatic rings. The maximum absolute atomic E-state index is 12.0. The molecule has 3 amide bonds. The molecule has 0 aromatic heterocycles. The van der Waals surface area contributed by atoms with Crippen molar-refractivity contribution in [1.82, 2.24) is 14.7 Å². The molecule has 0 unspecified atom stereocenters. The van der Waals surface area contributed by atoms with Gasteiger partial charge in [0.25, 0.3) is 0 Å². The molecule has 0 bridgehead atoms. The average Bonchev–Trinajstić information content (AvgIpc) is 3.35. The smallest absolute Gasteiger partial charge is 0.410 e. The first-order valence-corrected chi connectivity index (χ1v) is 32.5. The number of rotatable bonds is 7. The number of phenols is 1. The number of carboxylic acid groups (broad SMARTS) is 1. The van der Waals surface area contributed by atoms with Gasteiger partial charge >= 0.3 is 24.2 Å². The van der Waals surface area contributed by atoms with Gasteiger partial charge in [0.2, 0.25) is 0 Å². The number of ether oxygens (including phenoxy) is 5. The van der Waals surface area contributed by atoms with Crippen LogP contribution in [0.4, 0.5) is 14.4 Å². The van der Waals surface area contributed by atoms with E-state index in [-0.39, 0.29) is 111 Å². The van der Waals surface area contributed by atoms with Gasteiger partial charge in [0.1, 0.15) is 46.2 Å². The molecule has 2 radical (unpaired) electrons. The molecule has 0 aliphatic carbocycles. The number of hydrogen-bond acceptors (Lipinski definition) is 13. The standard InChI is InChI=1S/C18H25NO4.C17H23NO5.C10H19NO3.C8H8O2.CHI3.CH3I.CH2I.CH4.CH3.2V/c1-13(20)14-5-7-15(8-6-14)22-16-9-11-19(12-10-16)17(21)23-18(2,3)4;1-17(2,3)23-16(21)18-10-8-14(9-11-18)22-13-6-4-12(5-7-13)15(19)20;1-10(2,3)14-9(13)11-6-4-8(12)5-7-11;1-6(9)7-2-4-8(10)5-3-7;2-1(3)4;2*1-2;;;;/h5-8,16H,9-12H2,1-4H3;4-7,14H,8-11H2,1-3H3,(H,19,20);8,12H,4-7H2,1-3H3;2-5,10H,1H3;1H;1H3;1H2;1H4;1H3;;/q;;;;;;-1;;-1;;. The minimum atomic E-state index is -0.956. The monoisotopic (exact) mass is 1790 g/mol. The van der Waals surface area contributed by atoms with E-state index in [2.05, 4.69) is 95.3 Å². The molecule has 0 saturated carbocycles. The van der Waals surface area contributed by atoms with Gasteiger partial charge in [0, 0.05) is 113 Å². The van der Waals surface area contributed by atoms with Crippen LogP contribution in [-0.2, 0) is 51.3 Å². The fraction of sp³-hybridized carbons (Fsp3) is 0.552. The number of Topliss-reactive ketones (excluding diaryl/α,β-unsaturated/α-hetero) is 2. The van der Waals surface area contributed by atoms with Crippen molar-refractivity contribution in [3.8, 4) is 17.2 Å². The number of piperidine rings is 3. The summed E-state index contributed by atoms with van der Waals surface area (Å²) in [5, 5.41) is 27.0. The van der Waals surface area contributed by atoms with Crippen LogP contribution >= 0.6 is 113 Å². The van der Waals surface area contributed by atoms with Crippen LogP contribution in [0.15, 0.2) is 72.8 Å².